The van der Waals surface area contributed by atoms with E-state index in [0.717, 1.165) is 31.9 Å². The quantitative estimate of drug-likeness (QED) is 0.654. The molecule has 0 aromatic heterocycles. The molecular weight excluding hydrogens is 234 g/mol. The minimum Gasteiger partial charge on any atom is -0.493 e. The fourth-order valence-corrected chi connectivity index (χ4v) is 2.55. The van der Waals surface area contributed by atoms with Gasteiger partial charge < -0.3 is 9.64 Å². The van der Waals surface area contributed by atoms with Crippen molar-refractivity contribution in [3.63, 3.8) is 0 Å². The summed E-state index contributed by atoms with van der Waals surface area (Å²) < 4.78 is 5.95. The normalized spacial score (nSPS) is 11.1. The van der Waals surface area contributed by atoms with E-state index in [1.54, 1.807) is 0 Å². The molecule has 2 heteroatoms. The van der Waals surface area contributed by atoms with Gasteiger partial charge in [0, 0.05) is 0 Å². The Morgan fingerprint density at radius 3 is 2.05 bits per heavy atom. The number of aryl methyl sites for hydroxylation is 3. The Labute approximate surface area is 118 Å². The summed E-state index contributed by atoms with van der Waals surface area (Å²) in [7, 11) is 0. The first-order chi connectivity index (χ1) is 9.08. The molecule has 1 rings (SSSR count). The molecule has 0 radical (unpaired) electrons. The van der Waals surface area contributed by atoms with Crippen LogP contribution in [0.25, 0.3) is 0 Å². The molecule has 0 aliphatic carbocycles. The standard InChI is InChI=1S/C17H29NO/c1-6-18(7-2)10-8-9-11-19-17-15(4)12-14(3)13-16(17)5/h12-13H,6-11H2,1-5H3. The molecule has 0 fully saturated rings. The third-order valence-electron chi connectivity index (χ3n) is 3.61. The summed E-state index contributed by atoms with van der Waals surface area (Å²) in [5.41, 5.74) is 3.81. The van der Waals surface area contributed by atoms with E-state index in [0.29, 0.717) is 0 Å². The zero-order valence-corrected chi connectivity index (χ0v) is 13.3. The molecule has 0 aliphatic rings. The van der Waals surface area contributed by atoms with Crippen LogP contribution in [0.3, 0.4) is 0 Å². The Bertz CT molecular complexity index is 360. The highest BCUT2D eigenvalue weighted by Crippen LogP contribution is 2.24. The Morgan fingerprint density at radius 2 is 1.53 bits per heavy atom. The van der Waals surface area contributed by atoms with Crippen molar-refractivity contribution < 1.29 is 4.74 Å². The molecular formula is C17H29NO. The highest BCUT2D eigenvalue weighted by atomic mass is 16.5. The van der Waals surface area contributed by atoms with Crippen molar-refractivity contribution in [3.05, 3.63) is 28.8 Å². The van der Waals surface area contributed by atoms with E-state index >= 15 is 0 Å². The van der Waals surface area contributed by atoms with Gasteiger partial charge in [-0.3, -0.25) is 0 Å². The first-order valence-electron chi connectivity index (χ1n) is 7.51. The second-order valence-corrected chi connectivity index (χ2v) is 5.31. The van der Waals surface area contributed by atoms with Crippen LogP contribution in [-0.4, -0.2) is 31.1 Å². The van der Waals surface area contributed by atoms with Crippen LogP contribution in [0.1, 0.15) is 43.4 Å². The first-order valence-corrected chi connectivity index (χ1v) is 7.51. The molecule has 0 bridgehead atoms. The van der Waals surface area contributed by atoms with Crippen molar-refractivity contribution in [1.82, 2.24) is 4.90 Å². The fourth-order valence-electron chi connectivity index (χ4n) is 2.55. The van der Waals surface area contributed by atoms with E-state index in [4.69, 9.17) is 4.74 Å². The second-order valence-electron chi connectivity index (χ2n) is 5.31. The molecule has 1 aromatic rings. The molecule has 0 saturated carbocycles. The van der Waals surface area contributed by atoms with Gasteiger partial charge in [-0.2, -0.15) is 0 Å². The van der Waals surface area contributed by atoms with E-state index in [1.165, 1.54) is 29.7 Å². The third-order valence-corrected chi connectivity index (χ3v) is 3.61. The minimum absolute atomic E-state index is 0.825. The van der Waals surface area contributed by atoms with Crippen LogP contribution in [0, 0.1) is 20.8 Å². The van der Waals surface area contributed by atoms with Gasteiger partial charge in [-0.05, 0) is 64.4 Å². The van der Waals surface area contributed by atoms with Gasteiger partial charge in [0.05, 0.1) is 6.61 Å². The van der Waals surface area contributed by atoms with Crippen molar-refractivity contribution in [2.45, 2.75) is 47.5 Å². The number of ether oxygens (including phenoxy) is 1. The van der Waals surface area contributed by atoms with Gasteiger partial charge in [-0.25, -0.2) is 0 Å². The van der Waals surface area contributed by atoms with Crippen molar-refractivity contribution >= 4 is 0 Å². The van der Waals surface area contributed by atoms with Crippen LogP contribution in [0.15, 0.2) is 12.1 Å². The molecule has 0 saturated heterocycles. The maximum atomic E-state index is 5.95. The van der Waals surface area contributed by atoms with Crippen LogP contribution in [0.2, 0.25) is 0 Å². The first kappa shape index (κ1) is 16.0. The molecule has 0 aliphatic heterocycles. The predicted molar refractivity (Wildman–Crippen MR) is 83.2 cm³/mol. The van der Waals surface area contributed by atoms with Gasteiger partial charge in [-0.1, -0.05) is 31.5 Å². The molecule has 0 spiro atoms. The largest absolute Gasteiger partial charge is 0.493 e. The zero-order valence-electron chi connectivity index (χ0n) is 13.3. The van der Waals surface area contributed by atoms with Gasteiger partial charge in [0.15, 0.2) is 0 Å². The summed E-state index contributed by atoms with van der Waals surface area (Å²) in [4.78, 5) is 2.46. The Morgan fingerprint density at radius 1 is 0.947 bits per heavy atom. The van der Waals surface area contributed by atoms with Crippen molar-refractivity contribution in [2.24, 2.45) is 0 Å². The maximum absolute atomic E-state index is 5.95. The van der Waals surface area contributed by atoms with E-state index in [2.05, 4.69) is 51.7 Å². The van der Waals surface area contributed by atoms with E-state index in [1.807, 2.05) is 0 Å². The molecule has 0 N–H and O–H groups in total. The Kier molecular flexibility index (Phi) is 6.93. The van der Waals surface area contributed by atoms with Gasteiger partial charge in [0.25, 0.3) is 0 Å². The second kappa shape index (κ2) is 8.21. The number of nitrogens with zero attached hydrogens (tertiary/aromatic N) is 1. The molecule has 0 unspecified atom stereocenters. The lowest BCUT2D eigenvalue weighted by Gasteiger charge is -2.18. The number of unbranched alkanes of at least 4 members (excludes halogenated alkanes) is 1. The number of hydrogen-bond donors (Lipinski definition) is 0. The average molecular weight is 263 g/mol. The number of hydrogen-bond acceptors (Lipinski definition) is 2. The summed E-state index contributed by atoms with van der Waals surface area (Å²) in [6.45, 7) is 15.1. The van der Waals surface area contributed by atoms with Crippen LogP contribution < -0.4 is 4.74 Å². The molecule has 108 valence electrons. The van der Waals surface area contributed by atoms with Crippen LogP contribution >= 0.6 is 0 Å². The monoisotopic (exact) mass is 263 g/mol. The topological polar surface area (TPSA) is 12.5 Å². The summed E-state index contributed by atoms with van der Waals surface area (Å²) in [5.74, 6) is 1.08. The van der Waals surface area contributed by atoms with Gasteiger partial charge >= 0.3 is 0 Å². The van der Waals surface area contributed by atoms with Gasteiger partial charge in [0.1, 0.15) is 5.75 Å². The third kappa shape index (κ3) is 5.23. The van der Waals surface area contributed by atoms with Crippen molar-refractivity contribution in [3.8, 4) is 5.75 Å². The number of rotatable bonds is 8. The summed E-state index contributed by atoms with van der Waals surface area (Å²) in [6, 6.07) is 4.39. The molecule has 19 heavy (non-hydrogen) atoms. The summed E-state index contributed by atoms with van der Waals surface area (Å²) in [6.07, 6.45) is 2.34. The van der Waals surface area contributed by atoms with Crippen LogP contribution in [0.5, 0.6) is 5.75 Å². The molecule has 0 heterocycles. The highest BCUT2D eigenvalue weighted by Gasteiger charge is 2.05. The molecule has 0 atom stereocenters. The Hall–Kier alpha value is -1.02. The lowest BCUT2D eigenvalue weighted by molar-refractivity contribution is 0.264. The van der Waals surface area contributed by atoms with Crippen LogP contribution in [-0.2, 0) is 0 Å². The molecule has 0 amide bonds. The predicted octanol–water partition coefficient (Wildman–Crippen LogP) is 4.11. The minimum atomic E-state index is 0.825. The molecule has 1 aromatic carbocycles. The maximum Gasteiger partial charge on any atom is 0.125 e. The van der Waals surface area contributed by atoms with Crippen molar-refractivity contribution in [1.29, 1.82) is 0 Å². The summed E-state index contributed by atoms with van der Waals surface area (Å²) >= 11 is 0. The van der Waals surface area contributed by atoms with E-state index in [-0.39, 0.29) is 0 Å². The fraction of sp³-hybridized carbons (Fsp3) is 0.647. The summed E-state index contributed by atoms with van der Waals surface area (Å²) in [5, 5.41) is 0. The smallest absolute Gasteiger partial charge is 0.125 e. The van der Waals surface area contributed by atoms with Gasteiger partial charge in [-0.15, -0.1) is 0 Å². The number of benzene rings is 1. The lowest BCUT2D eigenvalue weighted by Crippen LogP contribution is -2.24. The SMILES string of the molecule is CCN(CC)CCCCOc1c(C)cc(C)cc1C. The Balaban J connectivity index is 2.34. The lowest BCUT2D eigenvalue weighted by atomic mass is 10.1. The average Bonchev–Trinajstić information content (AvgIpc) is 2.36. The van der Waals surface area contributed by atoms with E-state index in [9.17, 15) is 0 Å². The zero-order chi connectivity index (χ0) is 14.3. The van der Waals surface area contributed by atoms with E-state index < -0.39 is 0 Å². The van der Waals surface area contributed by atoms with Crippen molar-refractivity contribution in [2.75, 3.05) is 26.2 Å². The molecule has 2 nitrogen and oxygen atoms in total. The van der Waals surface area contributed by atoms with Crippen LogP contribution in [0.4, 0.5) is 0 Å². The highest BCUT2D eigenvalue weighted by molar-refractivity contribution is 5.42. The van der Waals surface area contributed by atoms with Gasteiger partial charge in [0.2, 0.25) is 0 Å².